The Morgan fingerprint density at radius 2 is 2.18 bits per heavy atom. The molecule has 2 saturated heterocycles. The summed E-state index contributed by atoms with van der Waals surface area (Å²) in [7, 11) is 0. The summed E-state index contributed by atoms with van der Waals surface area (Å²) in [5.74, 6) is 1.21. The zero-order valence-electron chi connectivity index (χ0n) is 12.7. The van der Waals surface area contributed by atoms with Gasteiger partial charge in [0.25, 0.3) is 0 Å². The maximum absolute atomic E-state index is 12.8. The lowest BCUT2D eigenvalue weighted by atomic mass is 9.87. The number of anilines is 1. The monoisotopic (exact) mass is 315 g/mol. The highest BCUT2D eigenvalue weighted by atomic mass is 19.4. The highest BCUT2D eigenvalue weighted by molar-refractivity contribution is 5.34. The van der Waals surface area contributed by atoms with Gasteiger partial charge in [-0.3, -0.25) is 0 Å². The highest BCUT2D eigenvalue weighted by Crippen LogP contribution is 2.41. The third-order valence-electron chi connectivity index (χ3n) is 4.71. The summed E-state index contributed by atoms with van der Waals surface area (Å²) in [4.78, 5) is 9.48. The Balaban J connectivity index is 1.74. The van der Waals surface area contributed by atoms with Crippen molar-refractivity contribution in [1.82, 2.24) is 9.97 Å². The molecule has 122 valence electrons. The van der Waals surface area contributed by atoms with E-state index >= 15 is 0 Å². The Morgan fingerprint density at radius 1 is 1.41 bits per heavy atom. The lowest BCUT2D eigenvalue weighted by Gasteiger charge is -2.24. The smallest absolute Gasteiger partial charge is 0.373 e. The Hall–Kier alpha value is -1.37. The molecule has 4 nitrogen and oxygen atoms in total. The molecule has 2 atom stereocenters. The van der Waals surface area contributed by atoms with E-state index in [1.54, 1.807) is 4.90 Å². The van der Waals surface area contributed by atoms with Crippen molar-refractivity contribution in [2.24, 2.45) is 11.8 Å². The summed E-state index contributed by atoms with van der Waals surface area (Å²) in [6, 6.07) is 0.899. The van der Waals surface area contributed by atoms with Gasteiger partial charge in [-0.25, -0.2) is 9.97 Å². The van der Waals surface area contributed by atoms with Crippen LogP contribution < -0.4 is 4.90 Å². The van der Waals surface area contributed by atoms with Crippen molar-refractivity contribution in [3.05, 3.63) is 18.0 Å². The minimum atomic E-state index is -4.44. The van der Waals surface area contributed by atoms with Crippen LogP contribution in [0.5, 0.6) is 0 Å². The fourth-order valence-electron chi connectivity index (χ4n) is 3.27. The van der Waals surface area contributed by atoms with E-state index in [-0.39, 0.29) is 11.5 Å². The number of nitrogens with zero attached hydrogens (tertiary/aromatic N) is 3. The van der Waals surface area contributed by atoms with Gasteiger partial charge in [0.2, 0.25) is 5.95 Å². The van der Waals surface area contributed by atoms with Crippen molar-refractivity contribution in [3.8, 4) is 0 Å². The summed E-state index contributed by atoms with van der Waals surface area (Å²) in [6.45, 7) is 6.28. The van der Waals surface area contributed by atoms with Gasteiger partial charge < -0.3 is 9.64 Å². The topological polar surface area (TPSA) is 38.2 Å². The Kier molecular flexibility index (Phi) is 3.79. The van der Waals surface area contributed by atoms with Crippen LogP contribution in [0.3, 0.4) is 0 Å². The lowest BCUT2D eigenvalue weighted by molar-refractivity contribution is -0.141. The molecule has 0 amide bonds. The maximum atomic E-state index is 12.8. The standard InChI is InChI=1S/C15H20F3N3O/c1-10(2)11-7-14(22-8-11)4-6-21(9-14)13-19-5-3-12(20-13)15(16,17)18/h3,5,10-11H,4,6-9H2,1-2H3/t11-,14+/m0/s1. The maximum Gasteiger partial charge on any atom is 0.433 e. The summed E-state index contributed by atoms with van der Waals surface area (Å²) in [5.41, 5.74) is -1.14. The molecule has 2 aliphatic heterocycles. The lowest BCUT2D eigenvalue weighted by Crippen LogP contribution is -2.33. The molecule has 0 aromatic carbocycles. The summed E-state index contributed by atoms with van der Waals surface area (Å²) in [5, 5.41) is 0. The quantitative estimate of drug-likeness (QED) is 0.840. The predicted octanol–water partition coefficient (Wildman–Crippen LogP) is 3.14. The fraction of sp³-hybridized carbons (Fsp3) is 0.733. The van der Waals surface area contributed by atoms with E-state index in [0.29, 0.717) is 24.9 Å². The normalized spacial score (nSPS) is 29.0. The second kappa shape index (κ2) is 5.37. The zero-order valence-corrected chi connectivity index (χ0v) is 12.7. The largest absolute Gasteiger partial charge is 0.433 e. The van der Waals surface area contributed by atoms with Crippen LogP contribution in [-0.4, -0.2) is 35.3 Å². The first kappa shape index (κ1) is 15.5. The van der Waals surface area contributed by atoms with E-state index in [0.717, 1.165) is 25.5 Å². The summed E-state index contributed by atoms with van der Waals surface area (Å²) in [6.07, 6.45) is -1.50. The Morgan fingerprint density at radius 3 is 2.82 bits per heavy atom. The highest BCUT2D eigenvalue weighted by Gasteiger charge is 2.47. The molecule has 3 heterocycles. The van der Waals surface area contributed by atoms with Gasteiger partial charge in [-0.1, -0.05) is 13.8 Å². The fourth-order valence-corrected chi connectivity index (χ4v) is 3.27. The minimum absolute atomic E-state index is 0.142. The molecule has 2 fully saturated rings. The van der Waals surface area contributed by atoms with Crippen molar-refractivity contribution in [3.63, 3.8) is 0 Å². The molecule has 0 unspecified atom stereocenters. The van der Waals surface area contributed by atoms with E-state index < -0.39 is 11.9 Å². The second-order valence-electron chi connectivity index (χ2n) is 6.61. The van der Waals surface area contributed by atoms with Crippen molar-refractivity contribution in [1.29, 1.82) is 0 Å². The second-order valence-corrected chi connectivity index (χ2v) is 6.61. The number of hydrogen-bond acceptors (Lipinski definition) is 4. The summed E-state index contributed by atoms with van der Waals surface area (Å²) < 4.78 is 44.3. The Bertz CT molecular complexity index is 549. The molecule has 7 heteroatoms. The summed E-state index contributed by atoms with van der Waals surface area (Å²) >= 11 is 0. The van der Waals surface area contributed by atoms with Gasteiger partial charge in [0, 0.05) is 19.3 Å². The van der Waals surface area contributed by atoms with Gasteiger partial charge in [0.1, 0.15) is 5.69 Å². The molecular weight excluding hydrogens is 295 g/mol. The molecule has 0 bridgehead atoms. The molecule has 2 aliphatic rings. The number of ether oxygens (including phenoxy) is 1. The van der Waals surface area contributed by atoms with E-state index in [2.05, 4.69) is 23.8 Å². The van der Waals surface area contributed by atoms with Crippen LogP contribution >= 0.6 is 0 Å². The first-order chi connectivity index (χ1) is 10.3. The third kappa shape index (κ3) is 2.91. The van der Waals surface area contributed by atoms with Crippen LogP contribution in [0.1, 0.15) is 32.4 Å². The first-order valence-electron chi connectivity index (χ1n) is 7.58. The molecule has 0 radical (unpaired) electrons. The van der Waals surface area contributed by atoms with Crippen molar-refractivity contribution >= 4 is 5.95 Å². The zero-order chi connectivity index (χ0) is 16.0. The van der Waals surface area contributed by atoms with Crippen LogP contribution in [-0.2, 0) is 10.9 Å². The third-order valence-corrected chi connectivity index (χ3v) is 4.71. The average molecular weight is 315 g/mol. The van der Waals surface area contributed by atoms with E-state index in [9.17, 15) is 13.2 Å². The van der Waals surface area contributed by atoms with Gasteiger partial charge in [-0.2, -0.15) is 13.2 Å². The molecule has 0 aliphatic carbocycles. The number of hydrogen-bond donors (Lipinski definition) is 0. The number of aromatic nitrogens is 2. The van der Waals surface area contributed by atoms with Crippen LogP contribution in [0.2, 0.25) is 0 Å². The first-order valence-corrected chi connectivity index (χ1v) is 7.58. The number of alkyl halides is 3. The van der Waals surface area contributed by atoms with E-state index in [4.69, 9.17) is 4.74 Å². The molecule has 0 N–H and O–H groups in total. The molecule has 1 spiro atoms. The van der Waals surface area contributed by atoms with Crippen LogP contribution in [0.4, 0.5) is 19.1 Å². The molecule has 1 aromatic rings. The van der Waals surface area contributed by atoms with Gasteiger partial charge >= 0.3 is 6.18 Å². The SMILES string of the molecule is CC(C)[C@@H]1CO[C@]2(CCN(c3nccc(C(F)(F)F)n3)C2)C1. The number of rotatable bonds is 2. The van der Waals surface area contributed by atoms with Crippen LogP contribution in [0.15, 0.2) is 12.3 Å². The molecule has 1 aromatic heterocycles. The van der Waals surface area contributed by atoms with Crippen molar-refractivity contribution in [2.75, 3.05) is 24.6 Å². The van der Waals surface area contributed by atoms with E-state index in [1.807, 2.05) is 0 Å². The van der Waals surface area contributed by atoms with Crippen LogP contribution in [0, 0.1) is 11.8 Å². The minimum Gasteiger partial charge on any atom is -0.373 e. The van der Waals surface area contributed by atoms with Gasteiger partial charge in [-0.05, 0) is 30.7 Å². The molecule has 22 heavy (non-hydrogen) atoms. The van der Waals surface area contributed by atoms with Crippen molar-refractivity contribution < 1.29 is 17.9 Å². The molecule has 3 rings (SSSR count). The molecular formula is C15H20F3N3O. The number of halogens is 3. The van der Waals surface area contributed by atoms with Crippen molar-refractivity contribution in [2.45, 2.75) is 38.5 Å². The molecule has 0 saturated carbocycles. The predicted molar refractivity (Wildman–Crippen MR) is 75.5 cm³/mol. The van der Waals surface area contributed by atoms with E-state index in [1.165, 1.54) is 6.20 Å². The average Bonchev–Trinajstić information content (AvgIpc) is 3.06. The van der Waals surface area contributed by atoms with Gasteiger partial charge in [0.15, 0.2) is 0 Å². The van der Waals surface area contributed by atoms with Gasteiger partial charge in [-0.15, -0.1) is 0 Å². The van der Waals surface area contributed by atoms with Crippen LogP contribution in [0.25, 0.3) is 0 Å². The van der Waals surface area contributed by atoms with Gasteiger partial charge in [0.05, 0.1) is 12.2 Å². The Labute approximate surface area is 127 Å².